The lowest BCUT2D eigenvalue weighted by molar-refractivity contribution is -0.0278. The minimum Gasteiger partial charge on any atom is -0.497 e. The zero-order valence-corrected chi connectivity index (χ0v) is 14.8. The number of benzene rings is 1. The summed E-state index contributed by atoms with van der Waals surface area (Å²) >= 11 is 0. The second-order valence-electron chi connectivity index (χ2n) is 7.33. The number of hydrogen-bond donors (Lipinski definition) is 1. The van der Waals surface area contributed by atoms with Gasteiger partial charge in [-0.25, -0.2) is 0 Å². The van der Waals surface area contributed by atoms with E-state index in [4.69, 9.17) is 9.26 Å². The van der Waals surface area contributed by atoms with Crippen molar-refractivity contribution in [3.05, 3.63) is 41.5 Å². The molecule has 0 radical (unpaired) electrons. The summed E-state index contributed by atoms with van der Waals surface area (Å²) in [6.45, 7) is 3.41. The van der Waals surface area contributed by atoms with Gasteiger partial charge < -0.3 is 14.4 Å². The molecular weight excluding hydrogens is 318 g/mol. The van der Waals surface area contributed by atoms with Crippen LogP contribution in [0.1, 0.15) is 55.8 Å². The fourth-order valence-corrected chi connectivity index (χ4v) is 3.79. The highest BCUT2D eigenvalue weighted by molar-refractivity contribution is 5.31. The SMILES string of the molecule is COc1ccc([C@](C)(O)[C@H]2CCCN2Cc2nc(C3CC3)no2)cc1. The maximum absolute atomic E-state index is 11.3. The average molecular weight is 343 g/mol. The van der Waals surface area contributed by atoms with E-state index in [9.17, 15) is 5.11 Å². The summed E-state index contributed by atoms with van der Waals surface area (Å²) in [4.78, 5) is 6.79. The van der Waals surface area contributed by atoms with Crippen molar-refractivity contribution in [1.82, 2.24) is 15.0 Å². The van der Waals surface area contributed by atoms with Gasteiger partial charge in [0.1, 0.15) is 11.4 Å². The lowest BCUT2D eigenvalue weighted by Gasteiger charge is -2.36. The molecular formula is C19H25N3O3. The molecule has 2 atom stereocenters. The molecule has 134 valence electrons. The molecule has 1 N–H and O–H groups in total. The van der Waals surface area contributed by atoms with Crippen molar-refractivity contribution in [1.29, 1.82) is 0 Å². The third-order valence-electron chi connectivity index (χ3n) is 5.45. The smallest absolute Gasteiger partial charge is 0.240 e. The Morgan fingerprint density at radius 1 is 1.28 bits per heavy atom. The molecule has 0 unspecified atom stereocenters. The highest BCUT2D eigenvalue weighted by Crippen LogP contribution is 2.39. The first kappa shape index (κ1) is 16.5. The normalized spacial score (nSPS) is 23.6. The minimum atomic E-state index is -0.942. The van der Waals surface area contributed by atoms with Crippen LogP contribution in [-0.2, 0) is 12.1 Å². The maximum atomic E-state index is 11.3. The van der Waals surface area contributed by atoms with E-state index in [0.717, 1.165) is 49.4 Å². The van der Waals surface area contributed by atoms with Crippen molar-refractivity contribution in [3.8, 4) is 5.75 Å². The molecule has 1 aromatic carbocycles. The number of methoxy groups -OCH3 is 1. The number of hydrogen-bond acceptors (Lipinski definition) is 6. The molecule has 2 heterocycles. The molecule has 0 spiro atoms. The molecule has 1 saturated carbocycles. The Kier molecular flexibility index (Phi) is 4.25. The van der Waals surface area contributed by atoms with Crippen LogP contribution in [0.5, 0.6) is 5.75 Å². The Labute approximate surface area is 147 Å². The Morgan fingerprint density at radius 3 is 2.72 bits per heavy atom. The first-order valence-electron chi connectivity index (χ1n) is 9.01. The Morgan fingerprint density at radius 2 is 2.04 bits per heavy atom. The van der Waals surface area contributed by atoms with Crippen LogP contribution in [-0.4, -0.2) is 39.8 Å². The van der Waals surface area contributed by atoms with Gasteiger partial charge in [0.15, 0.2) is 5.82 Å². The Bertz CT molecular complexity index is 722. The summed E-state index contributed by atoms with van der Waals surface area (Å²) in [5.41, 5.74) is -0.0448. The van der Waals surface area contributed by atoms with E-state index in [1.165, 1.54) is 0 Å². The topological polar surface area (TPSA) is 71.6 Å². The fraction of sp³-hybridized carbons (Fsp3) is 0.579. The standard InChI is InChI=1S/C19H25N3O3/c1-19(23,14-7-9-15(24-2)10-8-14)16-4-3-11-22(16)12-17-20-18(21-25-17)13-5-6-13/h7-10,13,16,23H,3-6,11-12H2,1-2H3/t16-,19+/m1/s1. The quantitative estimate of drug-likeness (QED) is 0.870. The molecule has 25 heavy (non-hydrogen) atoms. The highest BCUT2D eigenvalue weighted by atomic mass is 16.5. The number of rotatable bonds is 6. The van der Waals surface area contributed by atoms with Crippen LogP contribution in [0.2, 0.25) is 0 Å². The molecule has 1 aromatic heterocycles. The van der Waals surface area contributed by atoms with Gasteiger partial charge in [0.05, 0.1) is 13.7 Å². The predicted octanol–water partition coefficient (Wildman–Crippen LogP) is 2.83. The van der Waals surface area contributed by atoms with E-state index in [2.05, 4.69) is 15.0 Å². The molecule has 2 aliphatic rings. The van der Waals surface area contributed by atoms with Crippen LogP contribution < -0.4 is 4.74 Å². The number of aliphatic hydroxyl groups is 1. The number of aromatic nitrogens is 2. The first-order valence-corrected chi connectivity index (χ1v) is 9.01. The van der Waals surface area contributed by atoms with Crippen molar-refractivity contribution < 1.29 is 14.4 Å². The van der Waals surface area contributed by atoms with Crippen LogP contribution in [0.25, 0.3) is 0 Å². The van der Waals surface area contributed by atoms with Crippen molar-refractivity contribution in [2.45, 2.75) is 56.7 Å². The maximum Gasteiger partial charge on any atom is 0.240 e. The number of ether oxygens (including phenoxy) is 1. The highest BCUT2D eigenvalue weighted by Gasteiger charge is 2.41. The van der Waals surface area contributed by atoms with Gasteiger partial charge in [-0.1, -0.05) is 17.3 Å². The van der Waals surface area contributed by atoms with E-state index in [-0.39, 0.29) is 6.04 Å². The molecule has 6 heteroatoms. The van der Waals surface area contributed by atoms with E-state index >= 15 is 0 Å². The second kappa shape index (κ2) is 6.42. The third-order valence-corrected chi connectivity index (χ3v) is 5.45. The van der Waals surface area contributed by atoms with Gasteiger partial charge in [-0.2, -0.15) is 4.98 Å². The third kappa shape index (κ3) is 3.28. The van der Waals surface area contributed by atoms with Crippen molar-refractivity contribution in [2.75, 3.05) is 13.7 Å². The lowest BCUT2D eigenvalue weighted by Crippen LogP contribution is -2.45. The summed E-state index contributed by atoms with van der Waals surface area (Å²) in [7, 11) is 1.64. The van der Waals surface area contributed by atoms with E-state index in [0.29, 0.717) is 18.4 Å². The number of nitrogens with zero attached hydrogens (tertiary/aromatic N) is 3. The van der Waals surface area contributed by atoms with Gasteiger partial charge in [0.25, 0.3) is 0 Å². The monoisotopic (exact) mass is 343 g/mol. The molecule has 2 fully saturated rings. The van der Waals surface area contributed by atoms with Crippen molar-refractivity contribution in [2.24, 2.45) is 0 Å². The molecule has 2 aromatic rings. The molecule has 1 aliphatic heterocycles. The minimum absolute atomic E-state index is 0.0252. The van der Waals surface area contributed by atoms with Crippen LogP contribution in [0.4, 0.5) is 0 Å². The van der Waals surface area contributed by atoms with Gasteiger partial charge in [0, 0.05) is 12.0 Å². The summed E-state index contributed by atoms with van der Waals surface area (Å²) in [5, 5.41) is 15.3. The van der Waals surface area contributed by atoms with Gasteiger partial charge in [-0.05, 0) is 56.8 Å². The van der Waals surface area contributed by atoms with Crippen molar-refractivity contribution in [3.63, 3.8) is 0 Å². The zero-order chi connectivity index (χ0) is 17.4. The van der Waals surface area contributed by atoms with Crippen molar-refractivity contribution >= 4 is 0 Å². The van der Waals surface area contributed by atoms with Crippen LogP contribution >= 0.6 is 0 Å². The fourth-order valence-electron chi connectivity index (χ4n) is 3.79. The molecule has 1 saturated heterocycles. The van der Waals surface area contributed by atoms with E-state index in [1.54, 1.807) is 7.11 Å². The zero-order valence-electron chi connectivity index (χ0n) is 14.8. The Hall–Kier alpha value is -1.92. The summed E-state index contributed by atoms with van der Waals surface area (Å²) in [6, 6.07) is 7.68. The lowest BCUT2D eigenvalue weighted by atomic mass is 9.86. The van der Waals surface area contributed by atoms with E-state index < -0.39 is 5.60 Å². The molecule has 0 amide bonds. The van der Waals surface area contributed by atoms with Crippen LogP contribution in [0.3, 0.4) is 0 Å². The number of likely N-dealkylation sites (tertiary alicyclic amines) is 1. The summed E-state index contributed by atoms with van der Waals surface area (Å²) in [5.74, 6) is 2.78. The Balaban J connectivity index is 1.50. The largest absolute Gasteiger partial charge is 0.497 e. The first-order chi connectivity index (χ1) is 12.1. The van der Waals surface area contributed by atoms with E-state index in [1.807, 2.05) is 31.2 Å². The summed E-state index contributed by atoms with van der Waals surface area (Å²) < 4.78 is 10.6. The van der Waals surface area contributed by atoms with Gasteiger partial charge in [0.2, 0.25) is 5.89 Å². The predicted molar refractivity (Wildman–Crippen MR) is 92.3 cm³/mol. The van der Waals surface area contributed by atoms with Crippen LogP contribution in [0.15, 0.2) is 28.8 Å². The molecule has 6 nitrogen and oxygen atoms in total. The summed E-state index contributed by atoms with van der Waals surface area (Å²) in [6.07, 6.45) is 4.33. The molecule has 0 bridgehead atoms. The van der Waals surface area contributed by atoms with Gasteiger partial charge >= 0.3 is 0 Å². The van der Waals surface area contributed by atoms with Gasteiger partial charge in [-0.3, -0.25) is 4.90 Å². The molecule has 1 aliphatic carbocycles. The van der Waals surface area contributed by atoms with Crippen LogP contribution in [0, 0.1) is 0 Å². The van der Waals surface area contributed by atoms with Gasteiger partial charge in [-0.15, -0.1) is 0 Å². The average Bonchev–Trinajstić information content (AvgIpc) is 3.18. The second-order valence-corrected chi connectivity index (χ2v) is 7.33. The molecule has 4 rings (SSSR count).